The lowest BCUT2D eigenvalue weighted by Gasteiger charge is -2.19. The van der Waals surface area contributed by atoms with Gasteiger partial charge in [-0.3, -0.25) is 14.4 Å². The van der Waals surface area contributed by atoms with Crippen LogP contribution in [0.1, 0.15) is 23.1 Å². The number of carbonyl (C=O) groups excluding carboxylic acids is 3. The molecular weight excluding hydrogens is 602 g/mol. The van der Waals surface area contributed by atoms with Crippen molar-refractivity contribution in [1.82, 2.24) is 0 Å². The molecule has 244 valence electrons. The van der Waals surface area contributed by atoms with Crippen molar-refractivity contribution in [3.8, 4) is 11.5 Å². The predicted octanol–water partition coefficient (Wildman–Crippen LogP) is 6.30. The van der Waals surface area contributed by atoms with Gasteiger partial charge in [0, 0.05) is 25.8 Å². The molecule has 3 aromatic rings. The zero-order chi connectivity index (χ0) is 33.4. The third kappa shape index (κ3) is 12.4. The molecule has 46 heavy (non-hydrogen) atoms. The van der Waals surface area contributed by atoms with Crippen LogP contribution in [-0.2, 0) is 41.8 Å². The van der Waals surface area contributed by atoms with Gasteiger partial charge in [-0.25, -0.2) is 0 Å². The molecule has 0 unspecified atom stereocenters. The molecule has 2 N–H and O–H groups in total. The van der Waals surface area contributed by atoms with Crippen LogP contribution in [0.5, 0.6) is 11.5 Å². The summed E-state index contributed by atoms with van der Waals surface area (Å²) >= 11 is 0. The van der Waals surface area contributed by atoms with Crippen LogP contribution >= 0.6 is 0 Å². The molecule has 0 spiro atoms. The van der Waals surface area contributed by atoms with E-state index in [1.165, 1.54) is 6.08 Å². The fourth-order valence-electron chi connectivity index (χ4n) is 4.22. The number of rotatable bonds is 19. The highest BCUT2D eigenvalue weighted by molar-refractivity contribution is 6.76. The van der Waals surface area contributed by atoms with Crippen molar-refractivity contribution in [2.45, 2.75) is 45.3 Å². The van der Waals surface area contributed by atoms with Gasteiger partial charge >= 0.3 is 11.9 Å². The van der Waals surface area contributed by atoms with Crippen LogP contribution in [0.2, 0.25) is 25.7 Å². The summed E-state index contributed by atoms with van der Waals surface area (Å²) < 4.78 is 28.5. The first kappa shape index (κ1) is 35.8. The number of primary amides is 1. The molecule has 0 saturated heterocycles. The summed E-state index contributed by atoms with van der Waals surface area (Å²) in [4.78, 5) is 39.4. The van der Waals surface area contributed by atoms with Crippen LogP contribution in [0.15, 0.2) is 97.1 Å². The van der Waals surface area contributed by atoms with Gasteiger partial charge < -0.3 is 29.4 Å². The molecule has 10 heteroatoms. The first-order valence-electron chi connectivity index (χ1n) is 15.1. The summed E-state index contributed by atoms with van der Waals surface area (Å²) in [6, 6.07) is 24.3. The lowest BCUT2D eigenvalue weighted by Crippen LogP contribution is -2.30. The summed E-state index contributed by atoms with van der Waals surface area (Å²) in [5.41, 5.74) is 7.59. The highest BCUT2D eigenvalue weighted by Gasteiger charge is 2.32. The number of benzene rings is 3. The fourth-order valence-corrected chi connectivity index (χ4v) is 4.98. The smallest absolute Gasteiger partial charge is 0.314 e. The maximum atomic E-state index is 13.5. The van der Waals surface area contributed by atoms with Gasteiger partial charge in [0.1, 0.15) is 19.8 Å². The van der Waals surface area contributed by atoms with Gasteiger partial charge in [-0.15, -0.1) is 0 Å². The molecule has 1 atom stereocenters. The molecule has 0 fully saturated rings. The molecule has 3 rings (SSSR count). The van der Waals surface area contributed by atoms with Crippen molar-refractivity contribution in [3.63, 3.8) is 0 Å². The van der Waals surface area contributed by atoms with E-state index in [2.05, 4.69) is 26.2 Å². The van der Waals surface area contributed by atoms with Crippen molar-refractivity contribution >= 4 is 32.0 Å². The zero-order valence-electron chi connectivity index (χ0n) is 26.7. The van der Waals surface area contributed by atoms with Gasteiger partial charge in [-0.2, -0.15) is 0 Å². The Kier molecular flexibility index (Phi) is 14.3. The Morgan fingerprint density at radius 3 is 2.07 bits per heavy atom. The van der Waals surface area contributed by atoms with E-state index in [0.29, 0.717) is 17.9 Å². The third-order valence-electron chi connectivity index (χ3n) is 6.74. The summed E-state index contributed by atoms with van der Waals surface area (Å²) in [5.74, 6) is -3.12. The van der Waals surface area contributed by atoms with E-state index in [1.807, 2.05) is 48.5 Å². The predicted molar refractivity (Wildman–Crippen MR) is 179 cm³/mol. The van der Waals surface area contributed by atoms with E-state index in [0.717, 1.165) is 17.2 Å². The van der Waals surface area contributed by atoms with E-state index >= 15 is 0 Å². The normalized spacial score (nSPS) is 12.1. The number of hydrogen-bond acceptors (Lipinski definition) is 8. The number of hydrogen-bond donors (Lipinski definition) is 1. The number of para-hydroxylation sites is 1. The highest BCUT2D eigenvalue weighted by Crippen LogP contribution is 2.34. The van der Waals surface area contributed by atoms with Crippen molar-refractivity contribution in [2.75, 3.05) is 20.0 Å². The minimum Gasteiger partial charge on any atom is -0.485 e. The van der Waals surface area contributed by atoms with Crippen LogP contribution in [0, 0.1) is 5.92 Å². The molecule has 1 amide bonds. The largest absolute Gasteiger partial charge is 0.485 e. The van der Waals surface area contributed by atoms with E-state index in [1.54, 1.807) is 36.4 Å². The van der Waals surface area contributed by atoms with E-state index in [9.17, 15) is 14.4 Å². The maximum absolute atomic E-state index is 13.5. The Morgan fingerprint density at radius 2 is 1.48 bits per heavy atom. The van der Waals surface area contributed by atoms with Crippen molar-refractivity contribution in [1.29, 1.82) is 0 Å². The number of ether oxygens (including phenoxy) is 5. The summed E-state index contributed by atoms with van der Waals surface area (Å²) in [6.07, 6.45) is 2.51. The molecule has 0 aliphatic rings. The molecule has 0 aliphatic carbocycles. The molecule has 0 radical (unpaired) electrons. The number of esters is 2. The molecule has 3 aromatic carbocycles. The number of nitrogens with two attached hydrogens (primary N) is 1. The van der Waals surface area contributed by atoms with Crippen LogP contribution in [0.25, 0.3) is 6.08 Å². The minimum atomic E-state index is -1.36. The quantitative estimate of drug-likeness (QED) is 0.0402. The van der Waals surface area contributed by atoms with E-state index in [4.69, 9.17) is 29.4 Å². The first-order valence-corrected chi connectivity index (χ1v) is 18.8. The lowest BCUT2D eigenvalue weighted by atomic mass is 9.92. The molecule has 9 nitrogen and oxygen atoms in total. The fraction of sp³-hybridized carbons (Fsp3) is 0.306. The van der Waals surface area contributed by atoms with Gasteiger partial charge in [0.15, 0.2) is 18.3 Å². The van der Waals surface area contributed by atoms with Crippen LogP contribution in [0.3, 0.4) is 0 Å². The summed E-state index contributed by atoms with van der Waals surface area (Å²) in [6.45, 7) is 11.1. The van der Waals surface area contributed by atoms with Crippen LogP contribution < -0.4 is 15.2 Å². The van der Waals surface area contributed by atoms with Crippen molar-refractivity contribution in [2.24, 2.45) is 11.7 Å². The average Bonchev–Trinajstić information content (AvgIpc) is 3.04. The zero-order valence-corrected chi connectivity index (χ0v) is 27.7. The monoisotopic (exact) mass is 645 g/mol. The Labute approximate surface area is 272 Å². The van der Waals surface area contributed by atoms with E-state index < -0.39 is 38.3 Å². The maximum Gasteiger partial charge on any atom is 0.314 e. The Hall–Kier alpha value is -4.67. The lowest BCUT2D eigenvalue weighted by molar-refractivity contribution is -0.155. The number of carbonyl (C=O) groups is 3. The van der Waals surface area contributed by atoms with Crippen molar-refractivity contribution in [3.05, 3.63) is 114 Å². The standard InChI is InChI=1S/C36H43NO8Si/c1-5-19-42-34-29(17-12-18-32(34)45-26-41-20-21-46(2,3)4)22-30(35(37)39)31(36(40)44-25-28-15-10-7-11-16-28)23-33(38)43-24-27-13-8-6-9-14-27/h5-18,22,31H,1,19-21,23-26H2,2-4H3,(H2,37,39)/b30-22+/t31-/m0/s1. The molecule has 0 aliphatic heterocycles. The molecule has 0 heterocycles. The number of amides is 1. The molecule has 0 aromatic heterocycles. The van der Waals surface area contributed by atoms with Gasteiger partial charge in [-0.1, -0.05) is 105 Å². The summed E-state index contributed by atoms with van der Waals surface area (Å²) in [5, 5.41) is 0. The Morgan fingerprint density at radius 1 is 0.848 bits per heavy atom. The first-order chi connectivity index (χ1) is 22.1. The van der Waals surface area contributed by atoms with Gasteiger partial charge in [0.2, 0.25) is 5.91 Å². The molecule has 0 bridgehead atoms. The van der Waals surface area contributed by atoms with Gasteiger partial charge in [0.25, 0.3) is 0 Å². The highest BCUT2D eigenvalue weighted by atomic mass is 28.3. The van der Waals surface area contributed by atoms with Gasteiger partial charge in [0.05, 0.1) is 12.3 Å². The Balaban J connectivity index is 1.90. The van der Waals surface area contributed by atoms with E-state index in [-0.39, 0.29) is 37.9 Å². The second-order valence-corrected chi connectivity index (χ2v) is 17.3. The second-order valence-electron chi connectivity index (χ2n) is 11.7. The second kappa shape index (κ2) is 18.3. The van der Waals surface area contributed by atoms with Crippen molar-refractivity contribution < 1.29 is 38.1 Å². The topological polar surface area (TPSA) is 123 Å². The molecular formula is C36H43NO8Si. The van der Waals surface area contributed by atoms with Crippen LogP contribution in [0.4, 0.5) is 0 Å². The minimum absolute atomic E-state index is 0.0000118. The average molecular weight is 646 g/mol. The summed E-state index contributed by atoms with van der Waals surface area (Å²) in [7, 11) is -1.27. The van der Waals surface area contributed by atoms with Crippen LogP contribution in [-0.4, -0.2) is 45.9 Å². The Bertz CT molecular complexity index is 1470. The third-order valence-corrected chi connectivity index (χ3v) is 8.45. The SMILES string of the molecule is C=CCOc1c(/C=C(/C(N)=O)[C@H](CC(=O)OCc2ccccc2)C(=O)OCc2ccccc2)cccc1OCOCC[Si](C)(C)C. The molecule has 0 saturated carbocycles. The van der Waals surface area contributed by atoms with Gasteiger partial charge in [-0.05, 0) is 29.3 Å².